The molecule has 0 saturated carbocycles. The Labute approximate surface area is 113 Å². The summed E-state index contributed by atoms with van der Waals surface area (Å²) in [6.45, 7) is 0.157. The second-order valence-corrected chi connectivity index (χ2v) is 5.92. The van der Waals surface area contributed by atoms with Crippen molar-refractivity contribution >= 4 is 20.9 Å². The maximum atomic E-state index is 10.9. The van der Waals surface area contributed by atoms with Crippen molar-refractivity contribution in [3.05, 3.63) is 42.0 Å². The Kier molecular flexibility index (Phi) is 4.07. The van der Waals surface area contributed by atoms with Crippen LogP contribution < -0.4 is 4.74 Å². The van der Waals surface area contributed by atoms with Crippen LogP contribution in [-0.2, 0) is 20.7 Å². The third kappa shape index (κ3) is 3.68. The zero-order chi connectivity index (χ0) is 13.9. The van der Waals surface area contributed by atoms with Crippen molar-refractivity contribution in [1.82, 2.24) is 0 Å². The molecule has 0 aliphatic rings. The number of ether oxygens (including phenoxy) is 1. The lowest BCUT2D eigenvalue weighted by molar-refractivity contribution is 0.326. The molecule has 0 radical (unpaired) electrons. The molecule has 2 aromatic rings. The fraction of sp³-hybridized carbons (Fsp3) is 0.286. The Morgan fingerprint density at radius 2 is 1.95 bits per heavy atom. The summed E-state index contributed by atoms with van der Waals surface area (Å²) in [5, 5.41) is 2.15. The first-order chi connectivity index (χ1) is 8.99. The van der Waals surface area contributed by atoms with E-state index in [-0.39, 0.29) is 6.61 Å². The van der Waals surface area contributed by atoms with E-state index in [1.165, 1.54) is 0 Å². The highest BCUT2D eigenvalue weighted by molar-refractivity contribution is 7.85. The van der Waals surface area contributed by atoms with Crippen molar-refractivity contribution in [2.75, 3.05) is 20.0 Å². The summed E-state index contributed by atoms with van der Waals surface area (Å²) in [6, 6.07) is 11.7. The Balaban J connectivity index is 2.24. The number of methoxy groups -OCH3 is 1. The van der Waals surface area contributed by atoms with Crippen LogP contribution >= 0.6 is 0 Å². The fourth-order valence-electron chi connectivity index (χ4n) is 1.98. The normalized spacial score (nSPS) is 11.7. The lowest BCUT2D eigenvalue weighted by Crippen LogP contribution is -2.06. The van der Waals surface area contributed by atoms with Crippen LogP contribution in [0.3, 0.4) is 0 Å². The van der Waals surface area contributed by atoms with E-state index >= 15 is 0 Å². The summed E-state index contributed by atoms with van der Waals surface area (Å²) in [5.74, 6) is 0.803. The highest BCUT2D eigenvalue weighted by Gasteiger charge is 2.05. The highest BCUT2D eigenvalue weighted by Crippen LogP contribution is 2.24. The van der Waals surface area contributed by atoms with Crippen LogP contribution in [0, 0.1) is 0 Å². The van der Waals surface area contributed by atoms with E-state index in [0.29, 0.717) is 6.42 Å². The molecule has 0 saturated heterocycles. The SMILES string of the molecule is COc1ccc2c(CCOS(C)(=O)=O)cccc2c1. The first-order valence-corrected chi connectivity index (χ1v) is 7.71. The van der Waals surface area contributed by atoms with Gasteiger partial charge in [0.25, 0.3) is 10.1 Å². The highest BCUT2D eigenvalue weighted by atomic mass is 32.2. The lowest BCUT2D eigenvalue weighted by atomic mass is 10.0. The van der Waals surface area contributed by atoms with Crippen LogP contribution in [0.5, 0.6) is 5.75 Å². The van der Waals surface area contributed by atoms with Crippen molar-refractivity contribution in [2.45, 2.75) is 6.42 Å². The van der Waals surface area contributed by atoms with Gasteiger partial charge in [-0.05, 0) is 34.9 Å². The van der Waals surface area contributed by atoms with Crippen LogP contribution in [0.2, 0.25) is 0 Å². The molecule has 0 fully saturated rings. The average Bonchev–Trinajstić information content (AvgIpc) is 2.37. The Morgan fingerprint density at radius 1 is 1.16 bits per heavy atom. The summed E-state index contributed by atoms with van der Waals surface area (Å²) >= 11 is 0. The zero-order valence-electron chi connectivity index (χ0n) is 10.9. The standard InChI is InChI=1S/C14H16O4S/c1-17-13-6-7-14-11(4-3-5-12(14)10-13)8-9-18-19(2,15)16/h3-7,10H,8-9H2,1-2H3. The van der Waals surface area contributed by atoms with Crippen molar-refractivity contribution in [3.8, 4) is 5.75 Å². The van der Waals surface area contributed by atoms with Gasteiger partial charge in [0.2, 0.25) is 0 Å². The van der Waals surface area contributed by atoms with Crippen LogP contribution in [-0.4, -0.2) is 28.4 Å². The fourth-order valence-corrected chi connectivity index (χ4v) is 2.36. The molecule has 2 rings (SSSR count). The lowest BCUT2D eigenvalue weighted by Gasteiger charge is -2.08. The smallest absolute Gasteiger partial charge is 0.264 e. The number of rotatable bonds is 5. The van der Waals surface area contributed by atoms with Crippen molar-refractivity contribution in [2.24, 2.45) is 0 Å². The molecule has 0 unspecified atom stereocenters. The van der Waals surface area contributed by atoms with Gasteiger partial charge >= 0.3 is 0 Å². The van der Waals surface area contributed by atoms with E-state index < -0.39 is 10.1 Å². The van der Waals surface area contributed by atoms with Gasteiger partial charge in [0.15, 0.2) is 0 Å². The number of hydrogen-bond donors (Lipinski definition) is 0. The summed E-state index contributed by atoms with van der Waals surface area (Å²) in [6.07, 6.45) is 1.61. The van der Waals surface area contributed by atoms with Gasteiger partial charge in [-0.2, -0.15) is 8.42 Å². The van der Waals surface area contributed by atoms with Gasteiger partial charge in [-0.1, -0.05) is 24.3 Å². The topological polar surface area (TPSA) is 52.6 Å². The van der Waals surface area contributed by atoms with E-state index in [1.807, 2.05) is 36.4 Å². The van der Waals surface area contributed by atoms with Crippen molar-refractivity contribution in [1.29, 1.82) is 0 Å². The first-order valence-electron chi connectivity index (χ1n) is 5.89. The molecule has 0 amide bonds. The Morgan fingerprint density at radius 3 is 2.63 bits per heavy atom. The van der Waals surface area contributed by atoms with Crippen LogP contribution in [0.1, 0.15) is 5.56 Å². The van der Waals surface area contributed by atoms with Crippen LogP contribution in [0.25, 0.3) is 10.8 Å². The van der Waals surface area contributed by atoms with Gasteiger partial charge in [-0.25, -0.2) is 0 Å². The Hall–Kier alpha value is -1.59. The summed E-state index contributed by atoms with van der Waals surface area (Å²) in [4.78, 5) is 0. The Bertz CT molecular complexity index is 677. The van der Waals surface area contributed by atoms with E-state index in [9.17, 15) is 8.42 Å². The number of hydrogen-bond acceptors (Lipinski definition) is 4. The predicted octanol–water partition coefficient (Wildman–Crippen LogP) is 2.37. The molecule has 0 N–H and O–H groups in total. The molecule has 102 valence electrons. The molecule has 2 aromatic carbocycles. The molecule has 0 aromatic heterocycles. The first kappa shape index (κ1) is 13.8. The van der Waals surface area contributed by atoms with Gasteiger partial charge < -0.3 is 4.74 Å². The molecule has 0 heterocycles. The van der Waals surface area contributed by atoms with E-state index in [0.717, 1.165) is 28.3 Å². The van der Waals surface area contributed by atoms with E-state index in [4.69, 9.17) is 8.92 Å². The van der Waals surface area contributed by atoms with E-state index in [1.54, 1.807) is 7.11 Å². The molecule has 19 heavy (non-hydrogen) atoms. The van der Waals surface area contributed by atoms with Crippen LogP contribution in [0.15, 0.2) is 36.4 Å². The monoisotopic (exact) mass is 280 g/mol. The summed E-state index contributed by atoms with van der Waals surface area (Å²) < 4.78 is 31.8. The minimum atomic E-state index is -3.38. The zero-order valence-corrected chi connectivity index (χ0v) is 11.7. The molecule has 0 atom stereocenters. The second-order valence-electron chi connectivity index (χ2n) is 4.28. The maximum Gasteiger partial charge on any atom is 0.264 e. The van der Waals surface area contributed by atoms with Crippen LogP contribution in [0.4, 0.5) is 0 Å². The largest absolute Gasteiger partial charge is 0.497 e. The second kappa shape index (κ2) is 5.59. The van der Waals surface area contributed by atoms with Crippen molar-refractivity contribution < 1.29 is 17.3 Å². The third-order valence-corrected chi connectivity index (χ3v) is 3.44. The van der Waals surface area contributed by atoms with Gasteiger partial charge in [0.05, 0.1) is 20.0 Å². The average molecular weight is 280 g/mol. The minimum absolute atomic E-state index is 0.157. The molecule has 4 nitrogen and oxygen atoms in total. The van der Waals surface area contributed by atoms with Gasteiger partial charge in [-0.15, -0.1) is 0 Å². The molecule has 0 aliphatic heterocycles. The number of benzene rings is 2. The van der Waals surface area contributed by atoms with Gasteiger partial charge in [0.1, 0.15) is 5.75 Å². The minimum Gasteiger partial charge on any atom is -0.497 e. The molecular weight excluding hydrogens is 264 g/mol. The van der Waals surface area contributed by atoms with Gasteiger partial charge in [0, 0.05) is 0 Å². The molecule has 0 spiro atoms. The quantitative estimate of drug-likeness (QED) is 0.789. The molecule has 0 aliphatic carbocycles. The van der Waals surface area contributed by atoms with Gasteiger partial charge in [-0.3, -0.25) is 4.18 Å². The van der Waals surface area contributed by atoms with Crippen molar-refractivity contribution in [3.63, 3.8) is 0 Å². The molecular formula is C14H16O4S. The van der Waals surface area contributed by atoms with E-state index in [2.05, 4.69) is 0 Å². The summed E-state index contributed by atoms with van der Waals surface area (Å²) in [7, 11) is -1.75. The summed E-state index contributed by atoms with van der Waals surface area (Å²) in [5.41, 5.74) is 1.06. The molecule has 5 heteroatoms. The number of fused-ring (bicyclic) bond motifs is 1. The molecule has 0 bridgehead atoms. The predicted molar refractivity (Wildman–Crippen MR) is 75.0 cm³/mol. The third-order valence-electron chi connectivity index (χ3n) is 2.85. The maximum absolute atomic E-state index is 10.9.